The van der Waals surface area contributed by atoms with Gasteiger partial charge in [-0.2, -0.15) is 0 Å². The third kappa shape index (κ3) is 2.67. The van der Waals surface area contributed by atoms with Gasteiger partial charge in [0.05, 0.1) is 0 Å². The summed E-state index contributed by atoms with van der Waals surface area (Å²) in [4.78, 5) is 0. The van der Waals surface area contributed by atoms with Gasteiger partial charge in [0.25, 0.3) is 0 Å². The van der Waals surface area contributed by atoms with Crippen molar-refractivity contribution in [3.05, 3.63) is 28.3 Å². The topological polar surface area (TPSA) is 20.2 Å². The average Bonchev–Trinajstić information content (AvgIpc) is 2.64. The molecule has 1 nitrogen and oxygen atoms in total. The highest BCUT2D eigenvalue weighted by atomic mass is 16.3. The summed E-state index contributed by atoms with van der Waals surface area (Å²) in [6, 6.07) is 2.64. The zero-order valence-corrected chi connectivity index (χ0v) is 20.1. The highest BCUT2D eigenvalue weighted by Gasteiger charge is 2.55. The first kappa shape index (κ1) is 19.5. The number of aromatic hydroxyl groups is 1. The number of rotatable bonds is 3. The Balaban J connectivity index is 1.38. The van der Waals surface area contributed by atoms with Crippen molar-refractivity contribution in [2.45, 2.75) is 115 Å². The van der Waals surface area contributed by atoms with E-state index >= 15 is 0 Å². The summed E-state index contributed by atoms with van der Waals surface area (Å²) in [7, 11) is 0. The Morgan fingerprint density at radius 1 is 0.710 bits per heavy atom. The van der Waals surface area contributed by atoms with Crippen LogP contribution in [-0.2, 0) is 10.8 Å². The van der Waals surface area contributed by atoms with Crippen LogP contribution in [0.5, 0.6) is 5.75 Å². The lowest BCUT2D eigenvalue weighted by atomic mass is 9.46. The van der Waals surface area contributed by atoms with Gasteiger partial charge in [-0.1, -0.05) is 19.9 Å². The van der Waals surface area contributed by atoms with Crippen LogP contribution < -0.4 is 0 Å². The maximum absolute atomic E-state index is 12.1. The monoisotopic (exact) mass is 418 g/mol. The van der Waals surface area contributed by atoms with Crippen LogP contribution >= 0.6 is 0 Å². The maximum atomic E-state index is 12.1. The molecule has 0 aromatic heterocycles. The van der Waals surface area contributed by atoms with Crippen molar-refractivity contribution < 1.29 is 5.11 Å². The van der Waals surface area contributed by atoms with Crippen LogP contribution in [0.4, 0.5) is 0 Å². The van der Waals surface area contributed by atoms with Crippen molar-refractivity contribution in [2.24, 2.45) is 35.5 Å². The van der Waals surface area contributed by atoms with E-state index in [-0.39, 0.29) is 5.41 Å². The lowest BCUT2D eigenvalue weighted by Crippen LogP contribution is -2.50. The van der Waals surface area contributed by atoms with E-state index in [1.165, 1.54) is 93.7 Å². The molecule has 8 aliphatic carbocycles. The van der Waals surface area contributed by atoms with E-state index in [1.807, 2.05) is 0 Å². The summed E-state index contributed by atoms with van der Waals surface area (Å²) in [6.07, 6.45) is 17.1. The van der Waals surface area contributed by atoms with Crippen LogP contribution in [0.2, 0.25) is 0 Å². The molecule has 0 atom stereocenters. The summed E-state index contributed by atoms with van der Waals surface area (Å²) in [6.45, 7) is 7.05. The molecule has 1 N–H and O–H groups in total. The lowest BCUT2D eigenvalue weighted by molar-refractivity contribution is -0.00843. The van der Waals surface area contributed by atoms with E-state index in [2.05, 4.69) is 26.8 Å². The van der Waals surface area contributed by atoms with Gasteiger partial charge in [-0.05, 0) is 142 Å². The fraction of sp³-hybridized carbons (Fsp3) is 0.800. The quantitative estimate of drug-likeness (QED) is 0.532. The predicted octanol–water partition coefficient (Wildman–Crippen LogP) is 7.76. The van der Waals surface area contributed by atoms with Crippen LogP contribution in [0.1, 0.15) is 119 Å². The molecule has 8 aliphatic rings. The van der Waals surface area contributed by atoms with E-state index < -0.39 is 0 Å². The summed E-state index contributed by atoms with van der Waals surface area (Å²) >= 11 is 0. The van der Waals surface area contributed by atoms with Crippen LogP contribution in [0.25, 0.3) is 0 Å². The molecule has 0 spiro atoms. The Bertz CT molecular complexity index is 850. The summed E-state index contributed by atoms with van der Waals surface area (Å²) in [5.41, 5.74) is 6.45. The van der Waals surface area contributed by atoms with Gasteiger partial charge in [-0.25, -0.2) is 0 Å². The summed E-state index contributed by atoms with van der Waals surface area (Å²) in [5.74, 6) is 6.81. The molecule has 0 radical (unpaired) electrons. The van der Waals surface area contributed by atoms with Gasteiger partial charge in [-0.15, -0.1) is 0 Å². The number of hydrogen-bond acceptors (Lipinski definition) is 1. The number of hydrogen-bond donors (Lipinski definition) is 1. The van der Waals surface area contributed by atoms with E-state index in [9.17, 15) is 5.11 Å². The third-order valence-electron chi connectivity index (χ3n) is 11.3. The zero-order chi connectivity index (χ0) is 21.1. The zero-order valence-electron chi connectivity index (χ0n) is 20.1. The molecule has 1 aromatic rings. The molecule has 0 saturated heterocycles. The van der Waals surface area contributed by atoms with E-state index in [1.54, 1.807) is 5.56 Å². The molecule has 0 amide bonds. The fourth-order valence-corrected chi connectivity index (χ4v) is 11.4. The Kier molecular flexibility index (Phi) is 3.98. The van der Waals surface area contributed by atoms with Gasteiger partial charge in [0.15, 0.2) is 0 Å². The second kappa shape index (κ2) is 6.32. The molecule has 9 rings (SSSR count). The summed E-state index contributed by atoms with van der Waals surface area (Å²) in [5, 5.41) is 12.1. The minimum atomic E-state index is 0.284. The molecule has 1 heteroatoms. The number of phenols is 1. The first-order valence-corrected chi connectivity index (χ1v) is 13.7. The van der Waals surface area contributed by atoms with Gasteiger partial charge in [0.1, 0.15) is 5.75 Å². The fourth-order valence-electron chi connectivity index (χ4n) is 11.4. The molecule has 168 valence electrons. The first-order valence-electron chi connectivity index (χ1n) is 13.7. The Hall–Kier alpha value is -0.980. The average molecular weight is 419 g/mol. The molecule has 8 bridgehead atoms. The van der Waals surface area contributed by atoms with Crippen molar-refractivity contribution in [2.75, 3.05) is 0 Å². The SMILES string of the molecule is Cc1cc(C23CC4CC(CC(C4)C2)C3)c(C(C)C)c(O)c1C12CC3CC(CC(C3)C1)C2. The smallest absolute Gasteiger partial charge is 0.123 e. The summed E-state index contributed by atoms with van der Waals surface area (Å²) < 4.78 is 0. The Morgan fingerprint density at radius 3 is 1.48 bits per heavy atom. The molecule has 0 heterocycles. The van der Waals surface area contributed by atoms with Gasteiger partial charge in [0, 0.05) is 16.5 Å². The van der Waals surface area contributed by atoms with Gasteiger partial charge >= 0.3 is 0 Å². The molecule has 0 aliphatic heterocycles. The molecule has 8 fully saturated rings. The van der Waals surface area contributed by atoms with E-state index in [0.717, 1.165) is 41.3 Å². The van der Waals surface area contributed by atoms with Crippen molar-refractivity contribution in [1.82, 2.24) is 0 Å². The second-order valence-electron chi connectivity index (χ2n) is 13.9. The second-order valence-corrected chi connectivity index (χ2v) is 13.9. The minimum Gasteiger partial charge on any atom is -0.507 e. The lowest BCUT2D eigenvalue weighted by Gasteiger charge is -2.59. The Morgan fingerprint density at radius 2 is 1.10 bits per heavy atom. The standard InChI is InChI=1S/C30H42O/c1-17(2)26-25(29-11-19-5-20(12-29)7-21(6-19)13-29)4-18(3)27(28(26)31)30-14-22-8-23(15-30)10-24(9-22)16-30/h4,17,19-24,31H,5-16H2,1-3H3. The molecule has 0 unspecified atom stereocenters. The highest BCUT2D eigenvalue weighted by Crippen LogP contribution is 2.65. The largest absolute Gasteiger partial charge is 0.507 e. The first-order chi connectivity index (χ1) is 14.8. The van der Waals surface area contributed by atoms with Crippen LogP contribution in [0.3, 0.4) is 0 Å². The van der Waals surface area contributed by atoms with Gasteiger partial charge < -0.3 is 5.11 Å². The van der Waals surface area contributed by atoms with Gasteiger partial charge in [0.2, 0.25) is 0 Å². The number of benzene rings is 1. The van der Waals surface area contributed by atoms with Crippen molar-refractivity contribution in [3.8, 4) is 5.75 Å². The molecule has 1 aromatic carbocycles. The Labute approximate surface area is 189 Å². The molecule has 31 heavy (non-hydrogen) atoms. The van der Waals surface area contributed by atoms with Crippen molar-refractivity contribution in [1.29, 1.82) is 0 Å². The van der Waals surface area contributed by atoms with E-state index in [4.69, 9.17) is 0 Å². The third-order valence-corrected chi connectivity index (χ3v) is 11.3. The maximum Gasteiger partial charge on any atom is 0.123 e. The molecular formula is C30H42O. The highest BCUT2D eigenvalue weighted by molar-refractivity contribution is 5.57. The van der Waals surface area contributed by atoms with Crippen LogP contribution in [0.15, 0.2) is 6.07 Å². The van der Waals surface area contributed by atoms with Crippen LogP contribution in [-0.4, -0.2) is 5.11 Å². The molecule has 8 saturated carbocycles. The molecular weight excluding hydrogens is 376 g/mol. The predicted molar refractivity (Wildman–Crippen MR) is 127 cm³/mol. The van der Waals surface area contributed by atoms with Crippen molar-refractivity contribution >= 4 is 0 Å². The van der Waals surface area contributed by atoms with Crippen molar-refractivity contribution in [3.63, 3.8) is 0 Å². The number of aryl methyl sites for hydroxylation is 1. The number of phenolic OH excluding ortho intramolecular Hbond substituents is 1. The van der Waals surface area contributed by atoms with Crippen LogP contribution in [0, 0.1) is 42.4 Å². The minimum absolute atomic E-state index is 0.284. The normalized spacial score (nSPS) is 47.0. The van der Waals surface area contributed by atoms with E-state index in [0.29, 0.717) is 11.3 Å². The van der Waals surface area contributed by atoms with Gasteiger partial charge in [-0.3, -0.25) is 0 Å².